The number of benzene rings is 1. The predicted octanol–water partition coefficient (Wildman–Crippen LogP) is 3.88. The van der Waals surface area contributed by atoms with Crippen molar-refractivity contribution in [3.63, 3.8) is 0 Å². The van der Waals surface area contributed by atoms with E-state index in [1.165, 1.54) is 17.3 Å². The molecule has 0 unspecified atom stereocenters. The Kier molecular flexibility index (Phi) is 4.70. The molecule has 1 aromatic carbocycles. The first-order valence-corrected chi connectivity index (χ1v) is 7.88. The van der Waals surface area contributed by atoms with Crippen LogP contribution in [-0.4, -0.2) is 26.4 Å². The van der Waals surface area contributed by atoms with Gasteiger partial charge in [0.15, 0.2) is 5.16 Å². The summed E-state index contributed by atoms with van der Waals surface area (Å²) < 4.78 is 2.20. The molecule has 1 heterocycles. The van der Waals surface area contributed by atoms with Crippen LogP contribution in [0.5, 0.6) is 0 Å². The highest BCUT2D eigenvalue weighted by molar-refractivity contribution is 7.99. The van der Waals surface area contributed by atoms with Crippen LogP contribution >= 0.6 is 11.8 Å². The maximum atomic E-state index is 10.8. The first-order valence-electron chi connectivity index (χ1n) is 6.90. The lowest BCUT2D eigenvalue weighted by atomic mass is 10.1. The second-order valence-electron chi connectivity index (χ2n) is 4.91. The minimum atomic E-state index is -0.811. The summed E-state index contributed by atoms with van der Waals surface area (Å²) in [5.41, 5.74) is 3.21. The summed E-state index contributed by atoms with van der Waals surface area (Å²) >= 11 is 1.30. The number of carbonyl (C=O) groups is 1. The maximum Gasteiger partial charge on any atom is 0.313 e. The zero-order valence-electron chi connectivity index (χ0n) is 12.1. The SMILES string of the molecule is CCC(CC)n1c(SCC(=O)O)nc2cc(C)ccc21. The average molecular weight is 292 g/mol. The van der Waals surface area contributed by atoms with Crippen LogP contribution in [0.4, 0.5) is 0 Å². The van der Waals surface area contributed by atoms with Crippen molar-refractivity contribution in [2.24, 2.45) is 0 Å². The van der Waals surface area contributed by atoms with E-state index in [0.29, 0.717) is 6.04 Å². The predicted molar refractivity (Wildman–Crippen MR) is 82.4 cm³/mol. The Morgan fingerprint density at radius 3 is 2.70 bits per heavy atom. The molecule has 4 nitrogen and oxygen atoms in total. The van der Waals surface area contributed by atoms with E-state index in [-0.39, 0.29) is 5.75 Å². The summed E-state index contributed by atoms with van der Waals surface area (Å²) in [4.78, 5) is 15.4. The Morgan fingerprint density at radius 1 is 1.40 bits per heavy atom. The zero-order valence-corrected chi connectivity index (χ0v) is 12.9. The fourth-order valence-electron chi connectivity index (χ4n) is 2.42. The molecule has 0 atom stereocenters. The van der Waals surface area contributed by atoms with E-state index in [2.05, 4.69) is 41.6 Å². The Hall–Kier alpha value is -1.49. The molecular formula is C15H20N2O2S. The van der Waals surface area contributed by atoms with Crippen molar-refractivity contribution < 1.29 is 9.90 Å². The number of carboxylic acids is 1. The van der Waals surface area contributed by atoms with E-state index in [0.717, 1.165) is 29.0 Å². The molecule has 0 saturated heterocycles. The highest BCUT2D eigenvalue weighted by atomic mass is 32.2. The fourth-order valence-corrected chi connectivity index (χ4v) is 3.22. The van der Waals surface area contributed by atoms with Crippen LogP contribution in [0.1, 0.15) is 38.3 Å². The number of nitrogens with zero attached hydrogens (tertiary/aromatic N) is 2. The molecule has 0 saturated carbocycles. The monoisotopic (exact) mass is 292 g/mol. The average Bonchev–Trinajstić information content (AvgIpc) is 2.76. The van der Waals surface area contributed by atoms with Gasteiger partial charge in [-0.05, 0) is 37.5 Å². The zero-order chi connectivity index (χ0) is 14.7. The number of hydrogen-bond acceptors (Lipinski definition) is 3. The van der Waals surface area contributed by atoms with Crippen molar-refractivity contribution in [3.05, 3.63) is 23.8 Å². The first kappa shape index (κ1) is 14.9. The first-order chi connectivity index (χ1) is 9.56. The number of aryl methyl sites for hydroxylation is 1. The van der Waals surface area contributed by atoms with E-state index in [1.807, 2.05) is 6.92 Å². The normalized spacial score (nSPS) is 11.4. The molecule has 2 rings (SSSR count). The Morgan fingerprint density at radius 2 is 2.10 bits per heavy atom. The standard InChI is InChI=1S/C15H20N2O2S/c1-4-11(5-2)17-13-7-6-10(3)8-12(13)16-15(17)20-9-14(18)19/h6-8,11H,4-5,9H2,1-3H3,(H,18,19). The summed E-state index contributed by atoms with van der Waals surface area (Å²) in [7, 11) is 0. The lowest BCUT2D eigenvalue weighted by Gasteiger charge is -2.18. The molecule has 2 aromatic rings. The van der Waals surface area contributed by atoms with E-state index in [9.17, 15) is 4.79 Å². The van der Waals surface area contributed by atoms with E-state index >= 15 is 0 Å². The Balaban J connectivity index is 2.52. The van der Waals surface area contributed by atoms with Gasteiger partial charge in [-0.2, -0.15) is 0 Å². The van der Waals surface area contributed by atoms with Crippen molar-refractivity contribution in [1.82, 2.24) is 9.55 Å². The molecule has 0 aliphatic carbocycles. The van der Waals surface area contributed by atoms with Gasteiger partial charge >= 0.3 is 5.97 Å². The van der Waals surface area contributed by atoms with Gasteiger partial charge in [0.05, 0.1) is 16.8 Å². The number of hydrogen-bond donors (Lipinski definition) is 1. The summed E-state index contributed by atoms with van der Waals surface area (Å²) in [6.45, 7) is 6.35. The van der Waals surface area contributed by atoms with Crippen LogP contribution in [0.25, 0.3) is 11.0 Å². The highest BCUT2D eigenvalue weighted by Crippen LogP contribution is 2.31. The minimum absolute atomic E-state index is 0.0441. The van der Waals surface area contributed by atoms with Crippen molar-refractivity contribution in [2.45, 2.75) is 44.8 Å². The maximum absolute atomic E-state index is 10.8. The van der Waals surface area contributed by atoms with Crippen LogP contribution < -0.4 is 0 Å². The van der Waals surface area contributed by atoms with E-state index in [1.54, 1.807) is 0 Å². The lowest BCUT2D eigenvalue weighted by Crippen LogP contribution is -2.09. The Bertz CT molecular complexity index is 618. The van der Waals surface area contributed by atoms with Crippen molar-refractivity contribution in [1.29, 1.82) is 0 Å². The lowest BCUT2D eigenvalue weighted by molar-refractivity contribution is -0.133. The van der Waals surface area contributed by atoms with E-state index in [4.69, 9.17) is 5.11 Å². The van der Waals surface area contributed by atoms with Gasteiger partial charge < -0.3 is 9.67 Å². The van der Waals surface area contributed by atoms with Crippen molar-refractivity contribution in [3.8, 4) is 0 Å². The summed E-state index contributed by atoms with van der Waals surface area (Å²) in [5.74, 6) is -0.767. The van der Waals surface area contributed by atoms with Gasteiger partial charge in [-0.1, -0.05) is 31.7 Å². The van der Waals surface area contributed by atoms with Gasteiger partial charge in [-0.3, -0.25) is 4.79 Å². The molecule has 0 aliphatic rings. The second-order valence-corrected chi connectivity index (χ2v) is 5.85. The third-order valence-corrected chi connectivity index (χ3v) is 4.38. The van der Waals surface area contributed by atoms with Crippen LogP contribution in [0.3, 0.4) is 0 Å². The summed E-state index contributed by atoms with van der Waals surface area (Å²) in [6, 6.07) is 6.58. The van der Waals surface area contributed by atoms with Gasteiger partial charge in [0, 0.05) is 6.04 Å². The number of carboxylic acid groups (broad SMARTS) is 1. The van der Waals surface area contributed by atoms with Crippen LogP contribution in [0, 0.1) is 6.92 Å². The number of fused-ring (bicyclic) bond motifs is 1. The smallest absolute Gasteiger partial charge is 0.313 e. The quantitative estimate of drug-likeness (QED) is 0.821. The van der Waals surface area contributed by atoms with Gasteiger partial charge in [-0.15, -0.1) is 0 Å². The van der Waals surface area contributed by atoms with Gasteiger partial charge in [0.2, 0.25) is 0 Å². The summed E-state index contributed by atoms with van der Waals surface area (Å²) in [5, 5.41) is 9.69. The molecule has 5 heteroatoms. The van der Waals surface area contributed by atoms with Crippen LogP contribution in [0.2, 0.25) is 0 Å². The van der Waals surface area contributed by atoms with Gasteiger partial charge in [0.1, 0.15) is 0 Å². The third-order valence-electron chi connectivity index (χ3n) is 3.45. The Labute approximate surface area is 123 Å². The third kappa shape index (κ3) is 2.98. The molecule has 0 fully saturated rings. The number of thioether (sulfide) groups is 1. The van der Waals surface area contributed by atoms with Crippen molar-refractivity contribution >= 4 is 28.8 Å². The topological polar surface area (TPSA) is 55.1 Å². The van der Waals surface area contributed by atoms with Crippen molar-refractivity contribution in [2.75, 3.05) is 5.75 Å². The summed E-state index contributed by atoms with van der Waals surface area (Å²) in [6.07, 6.45) is 2.02. The molecule has 0 spiro atoms. The van der Waals surface area contributed by atoms with Crippen LogP contribution in [0.15, 0.2) is 23.4 Å². The molecule has 1 aromatic heterocycles. The molecule has 0 amide bonds. The molecule has 1 N–H and O–H groups in total. The van der Waals surface area contributed by atoms with Crippen LogP contribution in [-0.2, 0) is 4.79 Å². The highest BCUT2D eigenvalue weighted by Gasteiger charge is 2.18. The number of aromatic nitrogens is 2. The second kappa shape index (κ2) is 6.31. The fraction of sp³-hybridized carbons (Fsp3) is 0.467. The van der Waals surface area contributed by atoms with Gasteiger partial charge in [0.25, 0.3) is 0 Å². The number of aliphatic carboxylic acids is 1. The van der Waals surface area contributed by atoms with E-state index < -0.39 is 5.97 Å². The molecule has 0 radical (unpaired) electrons. The largest absolute Gasteiger partial charge is 0.481 e. The molecular weight excluding hydrogens is 272 g/mol. The molecule has 20 heavy (non-hydrogen) atoms. The molecule has 108 valence electrons. The molecule has 0 aliphatic heterocycles. The number of imidazole rings is 1. The minimum Gasteiger partial charge on any atom is -0.481 e. The number of rotatable bonds is 6. The molecule has 0 bridgehead atoms. The van der Waals surface area contributed by atoms with Gasteiger partial charge in [-0.25, -0.2) is 4.98 Å².